The molecule has 0 aliphatic carbocycles. The van der Waals surface area contributed by atoms with E-state index in [1.54, 1.807) is 0 Å². The van der Waals surface area contributed by atoms with Crippen LogP contribution >= 0.6 is 0 Å². The maximum absolute atomic E-state index is 12.4. The summed E-state index contributed by atoms with van der Waals surface area (Å²) >= 11 is 0. The first-order valence-electron chi connectivity index (χ1n) is 7.02. The molecule has 0 aromatic carbocycles. The average molecular weight is 266 g/mol. The molecule has 0 saturated heterocycles. The van der Waals surface area contributed by atoms with Crippen molar-refractivity contribution in [3.8, 4) is 0 Å². The van der Waals surface area contributed by atoms with Crippen molar-refractivity contribution in [1.29, 1.82) is 0 Å². The molecule has 0 bridgehead atoms. The summed E-state index contributed by atoms with van der Waals surface area (Å²) in [5, 5.41) is 6.88. The summed E-state index contributed by atoms with van der Waals surface area (Å²) in [7, 11) is 0. The Bertz CT molecular complexity index is 399. The van der Waals surface area contributed by atoms with Crippen LogP contribution in [-0.4, -0.2) is 39.1 Å². The van der Waals surface area contributed by atoms with Gasteiger partial charge in [0, 0.05) is 19.0 Å². The molecule has 0 aliphatic heterocycles. The monoisotopic (exact) mass is 266 g/mol. The lowest BCUT2D eigenvalue weighted by atomic mass is 10.1. The molecule has 1 heterocycles. The molecule has 1 amide bonds. The molecule has 0 aliphatic rings. The predicted octanol–water partition coefficient (Wildman–Crippen LogP) is 2.68. The highest BCUT2D eigenvalue weighted by molar-refractivity contribution is 5.90. The predicted molar refractivity (Wildman–Crippen MR) is 76.1 cm³/mol. The SMILES string of the molecule is CC(C)CN(CC(C)C)C(=O)c1n[nH]c(C(C)C)n1. The fourth-order valence-corrected chi connectivity index (χ4v) is 1.89. The molecule has 0 atom stereocenters. The van der Waals surface area contributed by atoms with Gasteiger partial charge in [-0.1, -0.05) is 41.5 Å². The average Bonchev–Trinajstić information content (AvgIpc) is 2.75. The summed E-state index contributed by atoms with van der Waals surface area (Å²) in [4.78, 5) is 18.6. The number of carbonyl (C=O) groups excluding carboxylic acids is 1. The molecular formula is C14H26N4O. The van der Waals surface area contributed by atoms with Crippen LogP contribution in [0.3, 0.4) is 0 Å². The zero-order valence-corrected chi connectivity index (χ0v) is 12.9. The third kappa shape index (κ3) is 4.65. The lowest BCUT2D eigenvalue weighted by Crippen LogP contribution is -2.37. The van der Waals surface area contributed by atoms with Gasteiger partial charge in [-0.3, -0.25) is 9.89 Å². The van der Waals surface area contributed by atoms with Gasteiger partial charge in [0.15, 0.2) is 0 Å². The van der Waals surface area contributed by atoms with Gasteiger partial charge < -0.3 is 4.90 Å². The van der Waals surface area contributed by atoms with Gasteiger partial charge in [-0.05, 0) is 11.8 Å². The first kappa shape index (κ1) is 15.7. The van der Waals surface area contributed by atoms with Gasteiger partial charge in [-0.25, -0.2) is 4.98 Å². The highest BCUT2D eigenvalue weighted by Gasteiger charge is 2.22. The lowest BCUT2D eigenvalue weighted by molar-refractivity contribution is 0.0703. The van der Waals surface area contributed by atoms with Crippen molar-refractivity contribution in [3.05, 3.63) is 11.6 Å². The van der Waals surface area contributed by atoms with Gasteiger partial charge in [0.1, 0.15) is 5.82 Å². The van der Waals surface area contributed by atoms with Crippen LogP contribution in [0, 0.1) is 11.8 Å². The Hall–Kier alpha value is -1.39. The van der Waals surface area contributed by atoms with Gasteiger partial charge >= 0.3 is 0 Å². The first-order valence-corrected chi connectivity index (χ1v) is 7.02. The van der Waals surface area contributed by atoms with Crippen molar-refractivity contribution < 1.29 is 4.79 Å². The number of hydrogen-bond acceptors (Lipinski definition) is 3. The highest BCUT2D eigenvalue weighted by Crippen LogP contribution is 2.11. The van der Waals surface area contributed by atoms with E-state index in [0.29, 0.717) is 11.8 Å². The van der Waals surface area contributed by atoms with Crippen LogP contribution in [-0.2, 0) is 0 Å². The summed E-state index contributed by atoms with van der Waals surface area (Å²) in [5.41, 5.74) is 0. The molecule has 0 saturated carbocycles. The Morgan fingerprint density at radius 2 is 1.63 bits per heavy atom. The molecule has 1 rings (SSSR count). The second-order valence-corrected chi connectivity index (χ2v) is 6.20. The van der Waals surface area contributed by atoms with Crippen LogP contribution in [0.5, 0.6) is 0 Å². The number of nitrogens with zero attached hydrogens (tertiary/aromatic N) is 3. The van der Waals surface area contributed by atoms with E-state index >= 15 is 0 Å². The van der Waals surface area contributed by atoms with E-state index in [0.717, 1.165) is 18.9 Å². The largest absolute Gasteiger partial charge is 0.335 e. The minimum atomic E-state index is -0.0782. The van der Waals surface area contributed by atoms with Crippen LogP contribution < -0.4 is 0 Å². The number of nitrogens with one attached hydrogen (secondary N) is 1. The van der Waals surface area contributed by atoms with E-state index in [1.807, 2.05) is 18.7 Å². The fraction of sp³-hybridized carbons (Fsp3) is 0.786. The number of hydrogen-bond donors (Lipinski definition) is 1. The second kappa shape index (κ2) is 6.68. The third-order valence-corrected chi connectivity index (χ3v) is 2.70. The molecule has 19 heavy (non-hydrogen) atoms. The van der Waals surface area contributed by atoms with Gasteiger partial charge in [-0.2, -0.15) is 0 Å². The molecule has 1 N–H and O–H groups in total. The molecule has 1 aromatic heterocycles. The Labute approximate surface area is 115 Å². The van der Waals surface area contributed by atoms with Crippen molar-refractivity contribution in [2.45, 2.75) is 47.5 Å². The molecule has 0 spiro atoms. The van der Waals surface area contributed by atoms with Crippen molar-refractivity contribution in [3.63, 3.8) is 0 Å². The van der Waals surface area contributed by atoms with E-state index in [9.17, 15) is 4.79 Å². The van der Waals surface area contributed by atoms with Crippen molar-refractivity contribution in [2.24, 2.45) is 11.8 Å². The molecular weight excluding hydrogens is 240 g/mol. The maximum Gasteiger partial charge on any atom is 0.293 e. The summed E-state index contributed by atoms with van der Waals surface area (Å²) in [6.07, 6.45) is 0. The standard InChI is InChI=1S/C14H26N4O/c1-9(2)7-18(8-10(3)4)14(19)13-15-12(11(5)6)16-17-13/h9-11H,7-8H2,1-6H3,(H,15,16,17). The normalized spacial score (nSPS) is 11.6. The van der Waals surface area contributed by atoms with Gasteiger partial charge in [0.2, 0.25) is 5.82 Å². The van der Waals surface area contributed by atoms with E-state index in [-0.39, 0.29) is 17.6 Å². The van der Waals surface area contributed by atoms with Gasteiger partial charge in [0.05, 0.1) is 0 Å². The van der Waals surface area contributed by atoms with Gasteiger partial charge in [0.25, 0.3) is 5.91 Å². The van der Waals surface area contributed by atoms with Crippen LogP contribution in [0.15, 0.2) is 0 Å². The summed E-state index contributed by atoms with van der Waals surface area (Å²) in [5.74, 6) is 2.09. The van der Waals surface area contributed by atoms with Crippen molar-refractivity contribution >= 4 is 5.91 Å². The summed E-state index contributed by atoms with van der Waals surface area (Å²) in [6, 6.07) is 0. The Morgan fingerprint density at radius 1 is 1.11 bits per heavy atom. The minimum Gasteiger partial charge on any atom is -0.335 e. The molecule has 1 aromatic rings. The van der Waals surface area contributed by atoms with E-state index in [2.05, 4.69) is 42.9 Å². The minimum absolute atomic E-state index is 0.0782. The smallest absolute Gasteiger partial charge is 0.293 e. The van der Waals surface area contributed by atoms with Crippen molar-refractivity contribution in [1.82, 2.24) is 20.1 Å². The summed E-state index contributed by atoms with van der Waals surface area (Å²) < 4.78 is 0. The molecule has 0 unspecified atom stereocenters. The molecule has 0 radical (unpaired) electrons. The van der Waals surface area contributed by atoms with Gasteiger partial charge in [-0.15, -0.1) is 5.10 Å². The maximum atomic E-state index is 12.4. The Morgan fingerprint density at radius 3 is 2.00 bits per heavy atom. The zero-order valence-electron chi connectivity index (χ0n) is 12.9. The Balaban J connectivity index is 2.84. The molecule has 5 nitrogen and oxygen atoms in total. The van der Waals surface area contributed by atoms with Crippen LogP contribution in [0.4, 0.5) is 0 Å². The third-order valence-electron chi connectivity index (χ3n) is 2.70. The number of amides is 1. The van der Waals surface area contributed by atoms with E-state index in [1.165, 1.54) is 0 Å². The van der Waals surface area contributed by atoms with Crippen molar-refractivity contribution in [2.75, 3.05) is 13.1 Å². The number of rotatable bonds is 6. The van der Waals surface area contributed by atoms with E-state index in [4.69, 9.17) is 0 Å². The quantitative estimate of drug-likeness (QED) is 0.861. The number of aromatic amines is 1. The van der Waals surface area contributed by atoms with E-state index < -0.39 is 0 Å². The highest BCUT2D eigenvalue weighted by atomic mass is 16.2. The topological polar surface area (TPSA) is 61.9 Å². The number of aromatic nitrogens is 3. The number of carbonyl (C=O) groups is 1. The fourth-order valence-electron chi connectivity index (χ4n) is 1.89. The summed E-state index contributed by atoms with van der Waals surface area (Å²) in [6.45, 7) is 14.0. The molecule has 108 valence electrons. The lowest BCUT2D eigenvalue weighted by Gasteiger charge is -2.25. The second-order valence-electron chi connectivity index (χ2n) is 6.20. The van der Waals surface area contributed by atoms with Crippen LogP contribution in [0.25, 0.3) is 0 Å². The molecule has 5 heteroatoms. The zero-order chi connectivity index (χ0) is 14.6. The molecule has 0 fully saturated rings. The van der Waals surface area contributed by atoms with Crippen LogP contribution in [0.2, 0.25) is 0 Å². The van der Waals surface area contributed by atoms with Crippen LogP contribution in [0.1, 0.15) is 63.9 Å². The first-order chi connectivity index (χ1) is 8.81. The Kier molecular flexibility index (Phi) is 5.51. The number of H-pyrrole nitrogens is 1.